The third-order valence-corrected chi connectivity index (χ3v) is 2.75. The third kappa shape index (κ3) is 3.08. The van der Waals surface area contributed by atoms with Crippen LogP contribution in [0, 0.1) is 0 Å². The van der Waals surface area contributed by atoms with Crippen molar-refractivity contribution in [3.63, 3.8) is 0 Å². The summed E-state index contributed by atoms with van der Waals surface area (Å²) in [5, 5.41) is 10.2. The minimum Gasteiger partial charge on any atom is -0.435 e. The molecule has 19 heavy (non-hydrogen) atoms. The average molecular weight is 268 g/mol. The molecule has 2 aromatic rings. The molecule has 2 rings (SSSR count). The van der Waals surface area contributed by atoms with Crippen molar-refractivity contribution in [2.45, 2.75) is 26.2 Å². The number of halogens is 2. The van der Waals surface area contributed by atoms with Gasteiger partial charge in [0.2, 0.25) is 0 Å². The fourth-order valence-electron chi connectivity index (χ4n) is 1.82. The van der Waals surface area contributed by atoms with E-state index in [9.17, 15) is 13.9 Å². The van der Waals surface area contributed by atoms with Crippen molar-refractivity contribution < 1.29 is 18.6 Å². The summed E-state index contributed by atoms with van der Waals surface area (Å²) in [6, 6.07) is 5.86. The number of alkyl halides is 2. The van der Waals surface area contributed by atoms with Gasteiger partial charge in [0.15, 0.2) is 0 Å². The molecule has 0 aliphatic heterocycles. The van der Waals surface area contributed by atoms with Crippen molar-refractivity contribution in [1.29, 1.82) is 0 Å². The summed E-state index contributed by atoms with van der Waals surface area (Å²) < 4.78 is 30.1. The van der Waals surface area contributed by atoms with Crippen molar-refractivity contribution in [2.75, 3.05) is 0 Å². The van der Waals surface area contributed by atoms with Crippen molar-refractivity contribution in [2.24, 2.45) is 0 Å². The Morgan fingerprint density at radius 1 is 1.32 bits per heavy atom. The number of imidazole rings is 1. The summed E-state index contributed by atoms with van der Waals surface area (Å²) in [5.74, 6) is 0.579. The predicted octanol–water partition coefficient (Wildman–Crippen LogP) is 2.59. The Labute approximate surface area is 109 Å². The van der Waals surface area contributed by atoms with Gasteiger partial charge in [-0.15, -0.1) is 0 Å². The molecule has 1 aromatic carbocycles. The van der Waals surface area contributed by atoms with Crippen LogP contribution in [0.4, 0.5) is 8.78 Å². The van der Waals surface area contributed by atoms with Gasteiger partial charge >= 0.3 is 6.61 Å². The van der Waals surface area contributed by atoms with E-state index in [2.05, 4.69) is 9.72 Å². The number of nitrogens with zero attached hydrogens (tertiary/aromatic N) is 2. The van der Waals surface area contributed by atoms with E-state index in [0.29, 0.717) is 17.9 Å². The first-order valence-corrected chi connectivity index (χ1v) is 5.85. The zero-order valence-electron chi connectivity index (χ0n) is 10.3. The second-order valence-corrected chi connectivity index (χ2v) is 3.92. The van der Waals surface area contributed by atoms with Crippen LogP contribution in [-0.2, 0) is 6.54 Å². The van der Waals surface area contributed by atoms with Crippen molar-refractivity contribution in [3.8, 4) is 5.75 Å². The predicted molar refractivity (Wildman–Crippen MR) is 65.0 cm³/mol. The molecular formula is C13H14F2N2O2. The smallest absolute Gasteiger partial charge is 0.387 e. The van der Waals surface area contributed by atoms with Crippen LogP contribution in [0.3, 0.4) is 0 Å². The highest BCUT2D eigenvalue weighted by atomic mass is 19.3. The minimum atomic E-state index is -2.85. The highest BCUT2D eigenvalue weighted by Gasteiger charge is 2.15. The topological polar surface area (TPSA) is 47.3 Å². The van der Waals surface area contributed by atoms with Crippen LogP contribution in [0.25, 0.3) is 0 Å². The number of rotatable bonds is 5. The maximum atomic E-state index is 12.0. The van der Waals surface area contributed by atoms with E-state index in [-0.39, 0.29) is 5.75 Å². The second-order valence-electron chi connectivity index (χ2n) is 3.92. The van der Waals surface area contributed by atoms with Crippen LogP contribution < -0.4 is 4.74 Å². The van der Waals surface area contributed by atoms with E-state index in [0.717, 1.165) is 0 Å². The Kier molecular flexibility index (Phi) is 4.11. The normalized spacial score (nSPS) is 12.7. The lowest BCUT2D eigenvalue weighted by molar-refractivity contribution is -0.0498. The number of aryl methyl sites for hydroxylation is 1. The summed E-state index contributed by atoms with van der Waals surface area (Å²) in [6.45, 7) is -0.217. The van der Waals surface area contributed by atoms with Crippen molar-refractivity contribution in [1.82, 2.24) is 9.55 Å². The fourth-order valence-corrected chi connectivity index (χ4v) is 1.82. The van der Waals surface area contributed by atoms with E-state index < -0.39 is 12.7 Å². The van der Waals surface area contributed by atoms with Gasteiger partial charge in [-0.3, -0.25) is 0 Å². The number of ether oxygens (including phenoxy) is 1. The molecule has 0 saturated carbocycles. The minimum absolute atomic E-state index is 0.0600. The lowest BCUT2D eigenvalue weighted by atomic mass is 10.1. The van der Waals surface area contributed by atoms with Gasteiger partial charge in [0.25, 0.3) is 0 Å². The molecule has 4 nitrogen and oxygen atoms in total. The number of aliphatic hydroxyl groups is 1. The first-order chi connectivity index (χ1) is 9.11. The molecule has 1 atom stereocenters. The molecule has 6 heteroatoms. The molecule has 1 N–H and O–H groups in total. The number of aliphatic hydroxyl groups excluding tert-OH is 1. The average Bonchev–Trinajstić information content (AvgIpc) is 2.86. The molecule has 0 radical (unpaired) electrons. The number of benzene rings is 1. The molecule has 1 heterocycles. The summed E-state index contributed by atoms with van der Waals surface area (Å²) >= 11 is 0. The van der Waals surface area contributed by atoms with Crippen molar-refractivity contribution in [3.05, 3.63) is 48.0 Å². The van der Waals surface area contributed by atoms with E-state index >= 15 is 0 Å². The third-order valence-electron chi connectivity index (χ3n) is 2.75. The van der Waals surface area contributed by atoms with Gasteiger partial charge in [-0.1, -0.05) is 12.1 Å². The van der Waals surface area contributed by atoms with E-state index in [4.69, 9.17) is 0 Å². The monoisotopic (exact) mass is 268 g/mol. The summed E-state index contributed by atoms with van der Waals surface area (Å²) in [4.78, 5) is 4.10. The van der Waals surface area contributed by atoms with Gasteiger partial charge in [0.05, 0.1) is 0 Å². The van der Waals surface area contributed by atoms with Gasteiger partial charge in [-0.2, -0.15) is 8.78 Å². The Bertz CT molecular complexity index is 526. The zero-order chi connectivity index (χ0) is 13.8. The molecule has 0 aliphatic carbocycles. The lowest BCUT2D eigenvalue weighted by Crippen LogP contribution is -2.09. The molecule has 0 bridgehead atoms. The van der Waals surface area contributed by atoms with E-state index in [1.54, 1.807) is 12.4 Å². The summed E-state index contributed by atoms with van der Waals surface area (Å²) in [6.07, 6.45) is 2.49. The molecule has 0 saturated heterocycles. The van der Waals surface area contributed by atoms with Crippen LogP contribution >= 0.6 is 0 Å². The van der Waals surface area contributed by atoms with Crippen LogP contribution in [0.15, 0.2) is 36.7 Å². The maximum absolute atomic E-state index is 12.0. The Morgan fingerprint density at radius 2 is 2.00 bits per heavy atom. The van der Waals surface area contributed by atoms with Crippen LogP contribution in [0.5, 0.6) is 5.75 Å². The molecule has 1 aromatic heterocycles. The number of hydrogen-bond acceptors (Lipinski definition) is 3. The molecule has 0 aliphatic rings. The number of aromatic nitrogens is 2. The summed E-state index contributed by atoms with van der Waals surface area (Å²) in [7, 11) is 0. The molecule has 0 amide bonds. The quantitative estimate of drug-likeness (QED) is 0.906. The Hall–Kier alpha value is -1.95. The first-order valence-electron chi connectivity index (χ1n) is 5.85. The lowest BCUT2D eigenvalue weighted by Gasteiger charge is -2.13. The largest absolute Gasteiger partial charge is 0.435 e. The Morgan fingerprint density at radius 3 is 2.58 bits per heavy atom. The van der Waals surface area contributed by atoms with Crippen LogP contribution in [0.1, 0.15) is 24.4 Å². The van der Waals surface area contributed by atoms with E-state index in [1.165, 1.54) is 24.3 Å². The molecule has 0 fully saturated rings. The van der Waals surface area contributed by atoms with Gasteiger partial charge in [-0.25, -0.2) is 4.98 Å². The Balaban J connectivity index is 2.18. The highest BCUT2D eigenvalue weighted by molar-refractivity contribution is 5.31. The van der Waals surface area contributed by atoms with Gasteiger partial charge in [-0.05, 0) is 24.6 Å². The van der Waals surface area contributed by atoms with Gasteiger partial charge in [0, 0.05) is 18.9 Å². The molecule has 102 valence electrons. The summed E-state index contributed by atoms with van der Waals surface area (Å²) in [5.41, 5.74) is 0.572. The van der Waals surface area contributed by atoms with Crippen LogP contribution in [-0.4, -0.2) is 21.3 Å². The zero-order valence-corrected chi connectivity index (χ0v) is 10.3. The van der Waals surface area contributed by atoms with Crippen molar-refractivity contribution >= 4 is 0 Å². The van der Waals surface area contributed by atoms with Gasteiger partial charge in [0.1, 0.15) is 17.7 Å². The van der Waals surface area contributed by atoms with E-state index in [1.807, 2.05) is 11.5 Å². The first kappa shape index (κ1) is 13.5. The maximum Gasteiger partial charge on any atom is 0.387 e. The highest BCUT2D eigenvalue weighted by Crippen LogP contribution is 2.23. The number of hydrogen-bond donors (Lipinski definition) is 1. The molecular weight excluding hydrogens is 254 g/mol. The van der Waals surface area contributed by atoms with Crippen LogP contribution in [0.2, 0.25) is 0 Å². The second kappa shape index (κ2) is 5.79. The van der Waals surface area contributed by atoms with Gasteiger partial charge < -0.3 is 14.4 Å². The standard InChI is InChI=1S/C13H14F2N2O2/c1-2-17-8-7-16-12(17)11(18)9-3-5-10(6-4-9)19-13(14)15/h3-8,11,13,18H,2H2,1H3. The SMILES string of the molecule is CCn1ccnc1C(O)c1ccc(OC(F)F)cc1. The molecule has 0 spiro atoms. The fraction of sp³-hybridized carbons (Fsp3) is 0.308. The molecule has 1 unspecified atom stereocenters.